The fourth-order valence-electron chi connectivity index (χ4n) is 2.54. The SMILES string of the molecule is CCc1cc(C(=O)O)cc(OC2CC(C)OC(C)C2)n1. The molecule has 110 valence electrons. The number of ether oxygens (including phenoxy) is 2. The Bertz CT molecular complexity index is 479. The van der Waals surface area contributed by atoms with E-state index >= 15 is 0 Å². The number of aromatic carboxylic acids is 1. The molecule has 1 aliphatic rings. The summed E-state index contributed by atoms with van der Waals surface area (Å²) in [5, 5.41) is 9.12. The predicted octanol–water partition coefficient (Wildman–Crippen LogP) is 2.68. The van der Waals surface area contributed by atoms with Crippen LogP contribution >= 0.6 is 0 Å². The van der Waals surface area contributed by atoms with E-state index in [1.807, 2.05) is 20.8 Å². The van der Waals surface area contributed by atoms with E-state index in [2.05, 4.69) is 4.98 Å². The molecule has 5 nitrogen and oxygen atoms in total. The third-order valence-electron chi connectivity index (χ3n) is 3.41. The van der Waals surface area contributed by atoms with E-state index in [0.29, 0.717) is 12.3 Å². The molecule has 20 heavy (non-hydrogen) atoms. The lowest BCUT2D eigenvalue weighted by atomic mass is 10.0. The molecule has 2 atom stereocenters. The quantitative estimate of drug-likeness (QED) is 0.917. The first-order valence-electron chi connectivity index (χ1n) is 7.04. The van der Waals surface area contributed by atoms with Gasteiger partial charge in [0.2, 0.25) is 5.88 Å². The van der Waals surface area contributed by atoms with Gasteiger partial charge in [0.1, 0.15) is 6.10 Å². The lowest BCUT2D eigenvalue weighted by Gasteiger charge is -2.32. The Kier molecular flexibility index (Phi) is 4.60. The van der Waals surface area contributed by atoms with Gasteiger partial charge >= 0.3 is 5.97 Å². The summed E-state index contributed by atoms with van der Waals surface area (Å²) in [5.74, 6) is -0.561. The van der Waals surface area contributed by atoms with Crippen LogP contribution < -0.4 is 4.74 Å². The number of aryl methyl sites for hydroxylation is 1. The molecular formula is C15H21NO4. The van der Waals surface area contributed by atoms with Crippen molar-refractivity contribution in [1.29, 1.82) is 0 Å². The monoisotopic (exact) mass is 279 g/mol. The molecule has 2 heterocycles. The van der Waals surface area contributed by atoms with Gasteiger partial charge < -0.3 is 14.6 Å². The van der Waals surface area contributed by atoms with Crippen molar-refractivity contribution < 1.29 is 19.4 Å². The molecule has 1 aromatic heterocycles. The van der Waals surface area contributed by atoms with Crippen LogP contribution in [0.2, 0.25) is 0 Å². The Labute approximate surface area is 118 Å². The molecule has 0 aromatic carbocycles. The number of carboxylic acid groups (broad SMARTS) is 1. The van der Waals surface area contributed by atoms with Gasteiger partial charge in [0.15, 0.2) is 0 Å². The van der Waals surface area contributed by atoms with Crippen LogP contribution in [0.15, 0.2) is 12.1 Å². The second kappa shape index (κ2) is 6.22. The minimum Gasteiger partial charge on any atom is -0.478 e. The van der Waals surface area contributed by atoms with Gasteiger partial charge in [-0.25, -0.2) is 9.78 Å². The fraction of sp³-hybridized carbons (Fsp3) is 0.600. The van der Waals surface area contributed by atoms with Crippen LogP contribution in [0.5, 0.6) is 5.88 Å². The number of carboxylic acids is 1. The smallest absolute Gasteiger partial charge is 0.335 e. The fourth-order valence-corrected chi connectivity index (χ4v) is 2.54. The van der Waals surface area contributed by atoms with Crippen molar-refractivity contribution in [1.82, 2.24) is 4.98 Å². The van der Waals surface area contributed by atoms with E-state index in [-0.39, 0.29) is 23.9 Å². The van der Waals surface area contributed by atoms with E-state index in [1.54, 1.807) is 6.07 Å². The van der Waals surface area contributed by atoms with Crippen molar-refractivity contribution in [2.75, 3.05) is 0 Å². The van der Waals surface area contributed by atoms with Gasteiger partial charge in [-0.1, -0.05) is 6.92 Å². The van der Waals surface area contributed by atoms with Crippen LogP contribution in [0, 0.1) is 0 Å². The summed E-state index contributed by atoms with van der Waals surface area (Å²) >= 11 is 0. The molecule has 1 saturated heterocycles. The third kappa shape index (κ3) is 3.70. The van der Waals surface area contributed by atoms with Gasteiger partial charge in [0.05, 0.1) is 17.8 Å². The van der Waals surface area contributed by atoms with Gasteiger partial charge in [-0.3, -0.25) is 0 Å². The number of nitrogens with zero attached hydrogens (tertiary/aromatic N) is 1. The third-order valence-corrected chi connectivity index (χ3v) is 3.41. The second-order valence-electron chi connectivity index (χ2n) is 5.31. The highest BCUT2D eigenvalue weighted by Gasteiger charge is 2.26. The van der Waals surface area contributed by atoms with Crippen molar-refractivity contribution in [3.63, 3.8) is 0 Å². The summed E-state index contributed by atoms with van der Waals surface area (Å²) in [5.41, 5.74) is 0.952. The molecular weight excluding hydrogens is 258 g/mol. The highest BCUT2D eigenvalue weighted by Crippen LogP contribution is 2.24. The summed E-state index contributed by atoms with van der Waals surface area (Å²) in [4.78, 5) is 15.5. The molecule has 1 aliphatic heterocycles. The van der Waals surface area contributed by atoms with Crippen molar-refractivity contribution >= 4 is 5.97 Å². The maximum Gasteiger partial charge on any atom is 0.335 e. The number of aromatic nitrogens is 1. The highest BCUT2D eigenvalue weighted by molar-refractivity contribution is 5.88. The standard InChI is InChI=1S/C15H21NO4/c1-4-12-7-11(15(17)18)8-14(16-12)20-13-5-9(2)19-10(3)6-13/h7-10,13H,4-6H2,1-3H3,(H,17,18). The normalized spacial score (nSPS) is 26.2. The minimum absolute atomic E-state index is 0.0231. The average Bonchev–Trinajstić information content (AvgIpc) is 2.36. The first-order chi connectivity index (χ1) is 9.47. The molecule has 1 N–H and O–H groups in total. The molecule has 0 aliphatic carbocycles. The van der Waals surface area contributed by atoms with Crippen LogP contribution in [0.25, 0.3) is 0 Å². The molecule has 0 radical (unpaired) electrons. The number of rotatable bonds is 4. The molecule has 2 rings (SSSR count). The first-order valence-corrected chi connectivity index (χ1v) is 7.04. The molecule has 0 amide bonds. The van der Waals surface area contributed by atoms with Crippen molar-refractivity contribution in [2.24, 2.45) is 0 Å². The first kappa shape index (κ1) is 14.8. The average molecular weight is 279 g/mol. The lowest BCUT2D eigenvalue weighted by Crippen LogP contribution is -2.35. The Morgan fingerprint density at radius 2 is 2.05 bits per heavy atom. The number of pyridine rings is 1. The summed E-state index contributed by atoms with van der Waals surface area (Å²) in [7, 11) is 0. The Balaban J connectivity index is 2.15. The highest BCUT2D eigenvalue weighted by atomic mass is 16.5. The number of hydrogen-bond donors (Lipinski definition) is 1. The molecule has 1 aromatic rings. The van der Waals surface area contributed by atoms with Crippen molar-refractivity contribution in [3.8, 4) is 5.88 Å². The molecule has 0 saturated carbocycles. The van der Waals surface area contributed by atoms with Crippen molar-refractivity contribution in [2.45, 2.75) is 58.3 Å². The maximum atomic E-state index is 11.1. The van der Waals surface area contributed by atoms with E-state index in [0.717, 1.165) is 18.5 Å². The van der Waals surface area contributed by atoms with E-state index in [9.17, 15) is 4.79 Å². The Morgan fingerprint density at radius 3 is 2.60 bits per heavy atom. The van der Waals surface area contributed by atoms with Gasteiger partial charge in [-0.15, -0.1) is 0 Å². The summed E-state index contributed by atoms with van der Waals surface area (Å²) in [6.45, 7) is 5.98. The molecule has 2 unspecified atom stereocenters. The molecule has 0 bridgehead atoms. The van der Waals surface area contributed by atoms with Gasteiger partial charge in [-0.2, -0.15) is 0 Å². The van der Waals surface area contributed by atoms with Gasteiger partial charge in [-0.05, 0) is 26.3 Å². The summed E-state index contributed by atoms with van der Waals surface area (Å²) in [6.07, 6.45) is 2.59. The topological polar surface area (TPSA) is 68.7 Å². The lowest BCUT2D eigenvalue weighted by molar-refractivity contribution is -0.0730. The van der Waals surface area contributed by atoms with E-state index in [1.165, 1.54) is 6.07 Å². The molecule has 0 spiro atoms. The molecule has 1 fully saturated rings. The van der Waals surface area contributed by atoms with Crippen LogP contribution in [0.1, 0.15) is 49.7 Å². The zero-order valence-electron chi connectivity index (χ0n) is 12.1. The van der Waals surface area contributed by atoms with Crippen LogP contribution in [0.3, 0.4) is 0 Å². The largest absolute Gasteiger partial charge is 0.478 e. The van der Waals surface area contributed by atoms with Crippen LogP contribution in [0.4, 0.5) is 0 Å². The maximum absolute atomic E-state index is 11.1. The minimum atomic E-state index is -0.958. The Hall–Kier alpha value is -1.62. The zero-order valence-corrected chi connectivity index (χ0v) is 12.1. The number of hydrogen-bond acceptors (Lipinski definition) is 4. The molecule has 5 heteroatoms. The van der Waals surface area contributed by atoms with Gasteiger partial charge in [0, 0.05) is 24.6 Å². The van der Waals surface area contributed by atoms with E-state index in [4.69, 9.17) is 14.6 Å². The van der Waals surface area contributed by atoms with Gasteiger partial charge in [0.25, 0.3) is 0 Å². The zero-order chi connectivity index (χ0) is 14.7. The van der Waals surface area contributed by atoms with Crippen LogP contribution in [-0.2, 0) is 11.2 Å². The summed E-state index contributed by atoms with van der Waals surface area (Å²) < 4.78 is 11.5. The Morgan fingerprint density at radius 1 is 1.40 bits per heavy atom. The van der Waals surface area contributed by atoms with Crippen LogP contribution in [-0.4, -0.2) is 34.4 Å². The number of carbonyl (C=O) groups is 1. The summed E-state index contributed by atoms with van der Waals surface area (Å²) in [6, 6.07) is 3.08. The predicted molar refractivity (Wildman–Crippen MR) is 74.2 cm³/mol. The second-order valence-corrected chi connectivity index (χ2v) is 5.31. The van der Waals surface area contributed by atoms with E-state index < -0.39 is 5.97 Å². The van der Waals surface area contributed by atoms with Crippen molar-refractivity contribution in [3.05, 3.63) is 23.4 Å².